The highest BCUT2D eigenvalue weighted by molar-refractivity contribution is 6.31. The first-order valence-electron chi connectivity index (χ1n) is 8.08. The molecular weight excluding hydrogens is 322 g/mol. The molecule has 0 radical (unpaired) electrons. The predicted molar refractivity (Wildman–Crippen MR) is 97.2 cm³/mol. The molecule has 0 unspecified atom stereocenters. The Labute approximate surface area is 145 Å². The van der Waals surface area contributed by atoms with Crippen LogP contribution in [0.5, 0.6) is 0 Å². The first kappa shape index (κ1) is 15.3. The van der Waals surface area contributed by atoms with Crippen LogP contribution in [0.2, 0.25) is 5.02 Å². The zero-order chi connectivity index (χ0) is 16.5. The molecule has 1 saturated heterocycles. The molecule has 122 valence electrons. The highest BCUT2D eigenvalue weighted by atomic mass is 35.5. The van der Waals surface area contributed by atoms with Crippen LogP contribution in [0.4, 0.5) is 5.82 Å². The Morgan fingerprint density at radius 3 is 2.62 bits per heavy atom. The lowest BCUT2D eigenvalue weighted by Crippen LogP contribution is -2.40. The van der Waals surface area contributed by atoms with E-state index in [1.807, 2.05) is 36.7 Å². The molecule has 24 heavy (non-hydrogen) atoms. The molecule has 1 aliphatic rings. The first-order chi connectivity index (χ1) is 11.7. The summed E-state index contributed by atoms with van der Waals surface area (Å²) in [5.41, 5.74) is 8.66. The normalized spacial score (nSPS) is 15.8. The summed E-state index contributed by atoms with van der Waals surface area (Å²) >= 11 is 6.05. The number of benzene rings is 1. The molecule has 0 amide bonds. The third-order valence-electron chi connectivity index (χ3n) is 4.48. The first-order valence-corrected chi connectivity index (χ1v) is 8.46. The molecule has 3 heterocycles. The topological polar surface area (TPSA) is 67.9 Å². The van der Waals surface area contributed by atoms with E-state index in [4.69, 9.17) is 17.3 Å². The van der Waals surface area contributed by atoms with Gasteiger partial charge in [0.15, 0.2) is 0 Å². The van der Waals surface area contributed by atoms with Gasteiger partial charge in [0.05, 0.1) is 23.6 Å². The van der Waals surface area contributed by atoms with E-state index in [0.29, 0.717) is 11.1 Å². The van der Waals surface area contributed by atoms with Gasteiger partial charge >= 0.3 is 0 Å². The van der Waals surface area contributed by atoms with Crippen LogP contribution >= 0.6 is 11.6 Å². The van der Waals surface area contributed by atoms with Gasteiger partial charge in [-0.3, -0.25) is 9.97 Å². The third kappa shape index (κ3) is 2.92. The fourth-order valence-electron chi connectivity index (χ4n) is 3.10. The van der Waals surface area contributed by atoms with Gasteiger partial charge in [0.25, 0.3) is 0 Å². The number of rotatable bonds is 2. The summed E-state index contributed by atoms with van der Waals surface area (Å²) in [6, 6.07) is 7.97. The summed E-state index contributed by atoms with van der Waals surface area (Å²) in [7, 11) is 0. The van der Waals surface area contributed by atoms with Crippen LogP contribution in [0.15, 0.2) is 42.9 Å². The maximum absolute atomic E-state index is 6.05. The number of fused-ring (bicyclic) bond motifs is 1. The minimum atomic E-state index is 0.309. The highest BCUT2D eigenvalue weighted by Gasteiger charge is 2.17. The van der Waals surface area contributed by atoms with Gasteiger partial charge in [-0.1, -0.05) is 17.7 Å². The van der Waals surface area contributed by atoms with Crippen LogP contribution in [0.1, 0.15) is 12.8 Å². The number of hydrogen-bond acceptors (Lipinski definition) is 5. The summed E-state index contributed by atoms with van der Waals surface area (Å²) in [5.74, 6) is 0.909. The summed E-state index contributed by atoms with van der Waals surface area (Å²) < 4.78 is 0. The molecule has 2 N–H and O–H groups in total. The molecule has 0 saturated carbocycles. The fourth-order valence-corrected chi connectivity index (χ4v) is 3.26. The number of nitrogens with zero attached hydrogens (tertiary/aromatic N) is 4. The van der Waals surface area contributed by atoms with Crippen LogP contribution in [-0.4, -0.2) is 34.1 Å². The van der Waals surface area contributed by atoms with Crippen molar-refractivity contribution in [2.24, 2.45) is 5.73 Å². The largest absolute Gasteiger partial charge is 0.355 e. The number of halogens is 1. The molecule has 4 rings (SSSR count). The predicted octanol–water partition coefficient (Wildman–Crippen LogP) is 3.27. The van der Waals surface area contributed by atoms with Crippen LogP contribution in [0.25, 0.3) is 22.2 Å². The third-order valence-corrected chi connectivity index (χ3v) is 4.72. The molecule has 1 aliphatic heterocycles. The van der Waals surface area contributed by atoms with Crippen LogP contribution in [-0.2, 0) is 0 Å². The SMILES string of the molecule is NC1CCN(c2cnc(-c3ccnc4cc(Cl)ccc34)cn2)CC1. The summed E-state index contributed by atoms with van der Waals surface area (Å²) in [5, 5.41) is 1.70. The molecule has 1 aromatic carbocycles. The number of aromatic nitrogens is 3. The van der Waals surface area contributed by atoms with Crippen molar-refractivity contribution in [3.05, 3.63) is 47.9 Å². The van der Waals surface area contributed by atoms with E-state index in [1.54, 1.807) is 6.20 Å². The fraction of sp³-hybridized carbons (Fsp3) is 0.278. The number of pyridine rings is 1. The molecule has 3 aromatic rings. The average molecular weight is 340 g/mol. The Kier molecular flexibility index (Phi) is 4.04. The monoisotopic (exact) mass is 339 g/mol. The average Bonchev–Trinajstić information content (AvgIpc) is 2.62. The number of piperidine rings is 1. The number of anilines is 1. The molecule has 0 spiro atoms. The van der Waals surface area contributed by atoms with Crippen LogP contribution < -0.4 is 10.6 Å². The van der Waals surface area contributed by atoms with Gasteiger partial charge < -0.3 is 10.6 Å². The molecule has 0 bridgehead atoms. The van der Waals surface area contributed by atoms with E-state index in [-0.39, 0.29) is 0 Å². The van der Waals surface area contributed by atoms with E-state index in [9.17, 15) is 0 Å². The van der Waals surface area contributed by atoms with Crippen molar-refractivity contribution in [3.63, 3.8) is 0 Å². The van der Waals surface area contributed by atoms with Gasteiger partial charge in [0.2, 0.25) is 0 Å². The minimum absolute atomic E-state index is 0.309. The van der Waals surface area contributed by atoms with Crippen molar-refractivity contribution in [3.8, 4) is 11.3 Å². The summed E-state index contributed by atoms with van der Waals surface area (Å²) in [6.45, 7) is 1.87. The van der Waals surface area contributed by atoms with Gasteiger partial charge in [0, 0.05) is 41.3 Å². The molecule has 1 fully saturated rings. The van der Waals surface area contributed by atoms with Gasteiger partial charge in [0.1, 0.15) is 5.82 Å². The van der Waals surface area contributed by atoms with E-state index in [0.717, 1.165) is 53.9 Å². The van der Waals surface area contributed by atoms with E-state index in [1.165, 1.54) is 0 Å². The second-order valence-corrected chi connectivity index (χ2v) is 6.54. The van der Waals surface area contributed by atoms with Crippen molar-refractivity contribution in [1.29, 1.82) is 0 Å². The summed E-state index contributed by atoms with van der Waals surface area (Å²) in [4.78, 5) is 15.8. The van der Waals surface area contributed by atoms with Crippen molar-refractivity contribution in [2.75, 3.05) is 18.0 Å². The minimum Gasteiger partial charge on any atom is -0.355 e. The standard InChI is InChI=1S/C18H18ClN5/c19-12-1-2-14-15(3-6-21-16(14)9-12)17-10-23-18(11-22-17)24-7-4-13(20)5-8-24/h1-3,6,9-11,13H,4-5,7-8,20H2. The van der Waals surface area contributed by atoms with Crippen molar-refractivity contribution in [1.82, 2.24) is 15.0 Å². The Bertz CT molecular complexity index is 857. The zero-order valence-corrected chi connectivity index (χ0v) is 13.9. The maximum atomic E-state index is 6.05. The lowest BCUT2D eigenvalue weighted by molar-refractivity contribution is 0.498. The Balaban J connectivity index is 1.66. The Hall–Kier alpha value is -2.24. The molecular formula is C18H18ClN5. The van der Waals surface area contributed by atoms with Crippen molar-refractivity contribution < 1.29 is 0 Å². The molecule has 0 aliphatic carbocycles. The summed E-state index contributed by atoms with van der Waals surface area (Å²) in [6.07, 6.45) is 7.44. The second kappa shape index (κ2) is 6.34. The maximum Gasteiger partial charge on any atom is 0.147 e. The quantitative estimate of drug-likeness (QED) is 0.776. The van der Waals surface area contributed by atoms with E-state index in [2.05, 4.69) is 19.9 Å². The zero-order valence-electron chi connectivity index (χ0n) is 13.2. The number of hydrogen-bond donors (Lipinski definition) is 1. The Morgan fingerprint density at radius 2 is 1.88 bits per heavy atom. The molecule has 5 nitrogen and oxygen atoms in total. The van der Waals surface area contributed by atoms with Gasteiger partial charge in [-0.25, -0.2) is 4.98 Å². The van der Waals surface area contributed by atoms with E-state index < -0.39 is 0 Å². The molecule has 2 aromatic heterocycles. The lowest BCUT2D eigenvalue weighted by Gasteiger charge is -2.30. The van der Waals surface area contributed by atoms with Gasteiger partial charge in [-0.05, 0) is 31.0 Å². The lowest BCUT2D eigenvalue weighted by atomic mass is 10.1. The molecule has 0 atom stereocenters. The van der Waals surface area contributed by atoms with Crippen molar-refractivity contribution in [2.45, 2.75) is 18.9 Å². The molecule has 6 heteroatoms. The van der Waals surface area contributed by atoms with Gasteiger partial charge in [-0.2, -0.15) is 0 Å². The van der Waals surface area contributed by atoms with Crippen LogP contribution in [0.3, 0.4) is 0 Å². The number of nitrogens with two attached hydrogens (primary N) is 1. The van der Waals surface area contributed by atoms with Gasteiger partial charge in [-0.15, -0.1) is 0 Å². The Morgan fingerprint density at radius 1 is 1.04 bits per heavy atom. The highest BCUT2D eigenvalue weighted by Crippen LogP contribution is 2.28. The smallest absolute Gasteiger partial charge is 0.147 e. The van der Waals surface area contributed by atoms with Crippen molar-refractivity contribution >= 4 is 28.3 Å². The second-order valence-electron chi connectivity index (χ2n) is 6.10. The van der Waals surface area contributed by atoms with E-state index >= 15 is 0 Å². The van der Waals surface area contributed by atoms with Crippen LogP contribution in [0, 0.1) is 0 Å².